The topological polar surface area (TPSA) is 29.0 Å². The first-order valence-corrected chi connectivity index (χ1v) is 6.90. The Morgan fingerprint density at radius 1 is 1.16 bits per heavy atom. The standard InChI is InChI=1S/C16H19N3/c1-19(11-13-6-3-2-4-7-13)16-10-15(17-12-18-16)14-8-5-9-14/h2-4,6-7,10,12,14H,5,8-9,11H2,1H3. The molecule has 0 saturated heterocycles. The Hall–Kier alpha value is -1.90. The minimum atomic E-state index is 0.659. The Morgan fingerprint density at radius 2 is 1.95 bits per heavy atom. The predicted octanol–water partition coefficient (Wildman–Crippen LogP) is 3.38. The Labute approximate surface area is 114 Å². The number of hydrogen-bond acceptors (Lipinski definition) is 3. The number of nitrogens with zero attached hydrogens (tertiary/aromatic N) is 3. The summed E-state index contributed by atoms with van der Waals surface area (Å²) >= 11 is 0. The predicted molar refractivity (Wildman–Crippen MR) is 77.2 cm³/mol. The number of rotatable bonds is 4. The van der Waals surface area contributed by atoms with E-state index in [9.17, 15) is 0 Å². The van der Waals surface area contributed by atoms with Crippen molar-refractivity contribution in [2.24, 2.45) is 0 Å². The SMILES string of the molecule is CN(Cc1ccccc1)c1cc(C2CCC2)ncn1. The lowest BCUT2D eigenvalue weighted by Crippen LogP contribution is -2.19. The highest BCUT2D eigenvalue weighted by Gasteiger charge is 2.21. The van der Waals surface area contributed by atoms with Crippen LogP contribution in [0.25, 0.3) is 0 Å². The lowest BCUT2D eigenvalue weighted by atomic mass is 9.83. The molecule has 0 spiro atoms. The van der Waals surface area contributed by atoms with Gasteiger partial charge < -0.3 is 4.90 Å². The van der Waals surface area contributed by atoms with Crippen LogP contribution in [0, 0.1) is 0 Å². The molecule has 1 aromatic carbocycles. The summed E-state index contributed by atoms with van der Waals surface area (Å²) in [4.78, 5) is 11.0. The average Bonchev–Trinajstić information content (AvgIpc) is 2.38. The maximum Gasteiger partial charge on any atom is 0.132 e. The van der Waals surface area contributed by atoms with E-state index in [1.807, 2.05) is 6.07 Å². The molecule has 0 bridgehead atoms. The lowest BCUT2D eigenvalue weighted by molar-refractivity contribution is 0.410. The molecule has 0 aliphatic heterocycles. The first-order chi connectivity index (χ1) is 9.33. The van der Waals surface area contributed by atoms with Gasteiger partial charge in [0.15, 0.2) is 0 Å². The van der Waals surface area contributed by atoms with Crippen molar-refractivity contribution >= 4 is 5.82 Å². The van der Waals surface area contributed by atoms with Gasteiger partial charge in [-0.05, 0) is 18.4 Å². The van der Waals surface area contributed by atoms with E-state index >= 15 is 0 Å². The van der Waals surface area contributed by atoms with Gasteiger partial charge in [-0.25, -0.2) is 9.97 Å². The molecule has 3 rings (SSSR count). The van der Waals surface area contributed by atoms with Crippen LogP contribution in [0.2, 0.25) is 0 Å². The van der Waals surface area contributed by atoms with Crippen molar-refractivity contribution in [1.29, 1.82) is 0 Å². The molecule has 0 amide bonds. The van der Waals surface area contributed by atoms with Crippen molar-refractivity contribution in [2.75, 3.05) is 11.9 Å². The summed E-state index contributed by atoms with van der Waals surface area (Å²) in [7, 11) is 2.08. The van der Waals surface area contributed by atoms with Gasteiger partial charge >= 0.3 is 0 Å². The van der Waals surface area contributed by atoms with Gasteiger partial charge in [-0.1, -0.05) is 36.8 Å². The van der Waals surface area contributed by atoms with Gasteiger partial charge in [0.2, 0.25) is 0 Å². The third-order valence-electron chi connectivity index (χ3n) is 3.85. The summed E-state index contributed by atoms with van der Waals surface area (Å²) < 4.78 is 0. The van der Waals surface area contributed by atoms with Gasteiger partial charge in [0.1, 0.15) is 12.1 Å². The van der Waals surface area contributed by atoms with Crippen molar-refractivity contribution in [3.05, 3.63) is 54.0 Å². The molecular weight excluding hydrogens is 234 g/mol. The maximum absolute atomic E-state index is 4.41. The van der Waals surface area contributed by atoms with Crippen molar-refractivity contribution in [1.82, 2.24) is 9.97 Å². The number of benzene rings is 1. The molecule has 0 radical (unpaired) electrons. The molecule has 1 aliphatic rings. The Balaban J connectivity index is 1.74. The number of hydrogen-bond donors (Lipinski definition) is 0. The van der Waals surface area contributed by atoms with Gasteiger partial charge in [0.05, 0.1) is 0 Å². The quantitative estimate of drug-likeness (QED) is 0.836. The van der Waals surface area contributed by atoms with E-state index in [-0.39, 0.29) is 0 Å². The molecule has 0 unspecified atom stereocenters. The van der Waals surface area contributed by atoms with E-state index in [0.29, 0.717) is 5.92 Å². The molecule has 0 atom stereocenters. The summed E-state index contributed by atoms with van der Waals surface area (Å²) in [5, 5.41) is 0. The third-order valence-corrected chi connectivity index (χ3v) is 3.85. The van der Waals surface area contributed by atoms with E-state index in [1.54, 1.807) is 6.33 Å². The summed E-state index contributed by atoms with van der Waals surface area (Å²) in [6, 6.07) is 12.6. The zero-order valence-electron chi connectivity index (χ0n) is 11.3. The summed E-state index contributed by atoms with van der Waals surface area (Å²) in [5.74, 6) is 1.67. The molecule has 1 saturated carbocycles. The van der Waals surface area contributed by atoms with Crippen LogP contribution in [0.5, 0.6) is 0 Å². The average molecular weight is 253 g/mol. The molecule has 98 valence electrons. The molecule has 19 heavy (non-hydrogen) atoms. The zero-order valence-corrected chi connectivity index (χ0v) is 11.3. The van der Waals surface area contributed by atoms with Crippen LogP contribution < -0.4 is 4.90 Å². The molecule has 1 fully saturated rings. The zero-order chi connectivity index (χ0) is 13.1. The Kier molecular flexibility index (Phi) is 3.45. The fraction of sp³-hybridized carbons (Fsp3) is 0.375. The number of aromatic nitrogens is 2. The van der Waals surface area contributed by atoms with E-state index in [2.05, 4.69) is 52.2 Å². The molecule has 2 aromatic rings. The van der Waals surface area contributed by atoms with Gasteiger partial charge in [0.25, 0.3) is 0 Å². The van der Waals surface area contributed by atoms with Crippen molar-refractivity contribution < 1.29 is 0 Å². The van der Waals surface area contributed by atoms with Crippen molar-refractivity contribution in [3.8, 4) is 0 Å². The van der Waals surface area contributed by atoms with Crippen LogP contribution in [0.3, 0.4) is 0 Å². The second-order valence-corrected chi connectivity index (χ2v) is 5.27. The molecule has 0 N–H and O–H groups in total. The first-order valence-electron chi connectivity index (χ1n) is 6.90. The highest BCUT2D eigenvalue weighted by molar-refractivity contribution is 5.40. The fourth-order valence-electron chi connectivity index (χ4n) is 2.44. The highest BCUT2D eigenvalue weighted by Crippen LogP contribution is 2.35. The van der Waals surface area contributed by atoms with Crippen LogP contribution in [-0.4, -0.2) is 17.0 Å². The second kappa shape index (κ2) is 5.39. The summed E-state index contributed by atoms with van der Waals surface area (Å²) in [5.41, 5.74) is 2.50. The number of anilines is 1. The normalized spacial score (nSPS) is 15.0. The van der Waals surface area contributed by atoms with Gasteiger partial charge in [0, 0.05) is 31.3 Å². The van der Waals surface area contributed by atoms with Crippen molar-refractivity contribution in [2.45, 2.75) is 31.7 Å². The Morgan fingerprint density at radius 3 is 2.63 bits per heavy atom. The minimum absolute atomic E-state index is 0.659. The monoisotopic (exact) mass is 253 g/mol. The summed E-state index contributed by atoms with van der Waals surface area (Å²) in [6.45, 7) is 0.877. The molecule has 3 heteroatoms. The second-order valence-electron chi connectivity index (χ2n) is 5.27. The molecule has 1 aliphatic carbocycles. The van der Waals surface area contributed by atoms with E-state index in [4.69, 9.17) is 0 Å². The van der Waals surface area contributed by atoms with E-state index in [0.717, 1.165) is 12.4 Å². The molecule has 1 aromatic heterocycles. The highest BCUT2D eigenvalue weighted by atomic mass is 15.2. The van der Waals surface area contributed by atoms with Crippen LogP contribution in [0.4, 0.5) is 5.82 Å². The fourth-order valence-corrected chi connectivity index (χ4v) is 2.44. The van der Waals surface area contributed by atoms with Gasteiger partial charge in [-0.3, -0.25) is 0 Å². The largest absolute Gasteiger partial charge is 0.355 e. The molecule has 1 heterocycles. The van der Waals surface area contributed by atoms with E-state index in [1.165, 1.54) is 30.5 Å². The minimum Gasteiger partial charge on any atom is -0.355 e. The summed E-state index contributed by atoms with van der Waals surface area (Å²) in [6.07, 6.45) is 5.59. The van der Waals surface area contributed by atoms with E-state index < -0.39 is 0 Å². The Bertz CT molecular complexity index is 535. The lowest BCUT2D eigenvalue weighted by Gasteiger charge is -2.26. The van der Waals surface area contributed by atoms with Gasteiger partial charge in [-0.2, -0.15) is 0 Å². The molecule has 3 nitrogen and oxygen atoms in total. The van der Waals surface area contributed by atoms with Crippen LogP contribution in [0.15, 0.2) is 42.7 Å². The van der Waals surface area contributed by atoms with Crippen molar-refractivity contribution in [3.63, 3.8) is 0 Å². The third kappa shape index (κ3) is 2.75. The van der Waals surface area contributed by atoms with Crippen LogP contribution >= 0.6 is 0 Å². The van der Waals surface area contributed by atoms with Gasteiger partial charge in [-0.15, -0.1) is 0 Å². The van der Waals surface area contributed by atoms with Crippen LogP contribution in [-0.2, 0) is 6.54 Å². The first kappa shape index (κ1) is 12.2. The molecular formula is C16H19N3. The smallest absolute Gasteiger partial charge is 0.132 e. The van der Waals surface area contributed by atoms with Crippen LogP contribution in [0.1, 0.15) is 36.4 Å². The maximum atomic E-state index is 4.41.